The topological polar surface area (TPSA) is 248 Å². The highest BCUT2D eigenvalue weighted by Crippen LogP contribution is 2.21. The van der Waals surface area contributed by atoms with Crippen molar-refractivity contribution in [3.8, 4) is 0 Å². The highest BCUT2D eigenvalue weighted by atomic mass is 16.5. The van der Waals surface area contributed by atoms with Gasteiger partial charge in [-0.15, -0.1) is 0 Å². The molecule has 132 valence electrons. The van der Waals surface area contributed by atoms with Crippen molar-refractivity contribution in [3.63, 3.8) is 0 Å². The second-order valence-corrected chi connectivity index (χ2v) is 4.38. The molecule has 0 bridgehead atoms. The van der Waals surface area contributed by atoms with Crippen LogP contribution in [0.25, 0.3) is 41.8 Å². The molecule has 16 nitrogen and oxygen atoms in total. The molecule has 0 fully saturated rings. The molecule has 0 spiro atoms. The van der Waals surface area contributed by atoms with Crippen molar-refractivity contribution in [2.45, 2.75) is 0 Å². The third kappa shape index (κ3) is 9.73. The quantitative estimate of drug-likeness (QED) is 0.221. The molecule has 0 aliphatic heterocycles. The van der Waals surface area contributed by atoms with Crippen LogP contribution >= 0.6 is 0 Å². The number of carbonyl (C=O) groups excluding carboxylic acids is 2. The standard InChI is InChI=1S/C9H12N12O4/c10-18-14-1-7(22)24-5-9(3-16-20-12,4-17-21-13)6-25-8(23)2-15-19-11/h1-6H2. The van der Waals surface area contributed by atoms with Gasteiger partial charge < -0.3 is 9.47 Å². The van der Waals surface area contributed by atoms with Crippen LogP contribution in [0.5, 0.6) is 0 Å². The molecule has 0 aromatic heterocycles. The first-order valence-electron chi connectivity index (χ1n) is 6.38. The predicted molar refractivity (Wildman–Crippen MR) is 80.4 cm³/mol. The Kier molecular flexibility index (Phi) is 10.8. The molecule has 0 saturated heterocycles. The monoisotopic (exact) mass is 352 g/mol. The van der Waals surface area contributed by atoms with Crippen LogP contribution in [0.15, 0.2) is 20.5 Å². The Balaban J connectivity index is 5.18. The molecule has 16 heteroatoms. The van der Waals surface area contributed by atoms with Gasteiger partial charge in [0.05, 0.1) is 0 Å². The lowest BCUT2D eigenvalue weighted by atomic mass is 9.90. The lowest BCUT2D eigenvalue weighted by Gasteiger charge is -2.29. The Bertz CT molecular complexity index is 608. The van der Waals surface area contributed by atoms with Crippen LogP contribution in [0.4, 0.5) is 0 Å². The van der Waals surface area contributed by atoms with Crippen LogP contribution in [0.2, 0.25) is 0 Å². The van der Waals surface area contributed by atoms with Crippen LogP contribution in [0.1, 0.15) is 0 Å². The van der Waals surface area contributed by atoms with Gasteiger partial charge in [0.2, 0.25) is 0 Å². The number of esters is 2. The van der Waals surface area contributed by atoms with Gasteiger partial charge in [-0.25, -0.2) is 0 Å². The number of hydrogen-bond acceptors (Lipinski definition) is 8. The zero-order chi connectivity index (χ0) is 19.0. The van der Waals surface area contributed by atoms with Gasteiger partial charge in [0.25, 0.3) is 0 Å². The van der Waals surface area contributed by atoms with Gasteiger partial charge in [0.1, 0.15) is 26.3 Å². The Labute approximate surface area is 139 Å². The summed E-state index contributed by atoms with van der Waals surface area (Å²) in [5, 5.41) is 12.7. The lowest BCUT2D eigenvalue weighted by molar-refractivity contribution is -0.151. The second kappa shape index (κ2) is 12.7. The fraction of sp³-hybridized carbons (Fsp3) is 0.778. The molecule has 0 aliphatic rings. The van der Waals surface area contributed by atoms with E-state index in [1.54, 1.807) is 0 Å². The summed E-state index contributed by atoms with van der Waals surface area (Å²) in [6.45, 7) is -2.70. The molecule has 0 saturated carbocycles. The summed E-state index contributed by atoms with van der Waals surface area (Å²) in [4.78, 5) is 32.7. The van der Waals surface area contributed by atoms with E-state index in [-0.39, 0.29) is 13.1 Å². The van der Waals surface area contributed by atoms with Gasteiger partial charge in [-0.1, -0.05) is 20.5 Å². The highest BCUT2D eigenvalue weighted by molar-refractivity contribution is 5.72. The average molecular weight is 352 g/mol. The van der Waals surface area contributed by atoms with Gasteiger partial charge in [-0.05, 0) is 22.1 Å². The van der Waals surface area contributed by atoms with E-state index in [2.05, 4.69) is 40.1 Å². The number of hydrogen-bond donors (Lipinski definition) is 0. The average Bonchev–Trinajstić information content (AvgIpc) is 2.63. The number of ether oxygens (including phenoxy) is 2. The van der Waals surface area contributed by atoms with Gasteiger partial charge in [-0.2, -0.15) is 0 Å². The van der Waals surface area contributed by atoms with Crippen LogP contribution < -0.4 is 0 Å². The Morgan fingerprint density at radius 3 is 1.40 bits per heavy atom. The summed E-state index contributed by atoms with van der Waals surface area (Å²) < 4.78 is 9.75. The zero-order valence-corrected chi connectivity index (χ0v) is 12.7. The van der Waals surface area contributed by atoms with E-state index < -0.39 is 43.7 Å². The van der Waals surface area contributed by atoms with Crippen LogP contribution in [-0.4, -0.2) is 51.3 Å². The molecule has 0 amide bonds. The minimum absolute atomic E-state index is 0.327. The molecule has 0 unspecified atom stereocenters. The number of carbonyl (C=O) groups is 2. The molecule has 0 radical (unpaired) electrons. The van der Waals surface area contributed by atoms with Gasteiger partial charge in [0, 0.05) is 38.2 Å². The maximum Gasteiger partial charge on any atom is 0.311 e. The van der Waals surface area contributed by atoms with Crippen molar-refractivity contribution in [3.05, 3.63) is 41.8 Å². The molecule has 0 aliphatic carbocycles. The molecule has 0 aromatic carbocycles. The van der Waals surface area contributed by atoms with E-state index >= 15 is 0 Å². The molecular weight excluding hydrogens is 340 g/mol. The first kappa shape index (κ1) is 21.2. The minimum atomic E-state index is -1.34. The molecule has 0 N–H and O–H groups in total. The molecule has 0 aromatic rings. The molecule has 25 heavy (non-hydrogen) atoms. The maximum atomic E-state index is 11.4. The van der Waals surface area contributed by atoms with Crippen LogP contribution in [0, 0.1) is 5.41 Å². The third-order valence-electron chi connectivity index (χ3n) is 2.54. The summed E-state index contributed by atoms with van der Waals surface area (Å²) in [7, 11) is 0. The van der Waals surface area contributed by atoms with Crippen LogP contribution in [0.3, 0.4) is 0 Å². The molecule has 0 heterocycles. The van der Waals surface area contributed by atoms with Crippen molar-refractivity contribution < 1.29 is 19.1 Å². The lowest BCUT2D eigenvalue weighted by Crippen LogP contribution is -2.40. The first-order chi connectivity index (χ1) is 12.0. The van der Waals surface area contributed by atoms with Crippen molar-refractivity contribution in [2.75, 3.05) is 39.4 Å². The largest absolute Gasteiger partial charge is 0.465 e. The highest BCUT2D eigenvalue weighted by Gasteiger charge is 2.33. The van der Waals surface area contributed by atoms with Gasteiger partial charge >= 0.3 is 11.9 Å². The van der Waals surface area contributed by atoms with E-state index in [1.165, 1.54) is 0 Å². The SMILES string of the molecule is [N-]=[N+]=NCC(=O)OCC(CN=[N+]=[N-])(CN=[N+]=[N-])COC(=O)CN=[N+]=[N-]. The van der Waals surface area contributed by atoms with Crippen LogP contribution in [-0.2, 0) is 19.1 Å². The Morgan fingerprint density at radius 2 is 1.08 bits per heavy atom. The Hall–Kier alpha value is -3.82. The maximum absolute atomic E-state index is 11.4. The minimum Gasteiger partial charge on any atom is -0.465 e. The van der Waals surface area contributed by atoms with Crippen molar-refractivity contribution >= 4 is 11.9 Å². The number of rotatable bonds is 12. The second-order valence-electron chi connectivity index (χ2n) is 4.38. The fourth-order valence-corrected chi connectivity index (χ4v) is 1.37. The molecule has 0 atom stereocenters. The number of nitrogens with zero attached hydrogens (tertiary/aromatic N) is 12. The predicted octanol–water partition coefficient (Wildman–Crippen LogP) is 2.30. The normalized spacial score (nSPS) is 11.2. The van der Waals surface area contributed by atoms with Gasteiger partial charge in [-0.3, -0.25) is 9.59 Å². The van der Waals surface area contributed by atoms with E-state index in [0.717, 1.165) is 0 Å². The van der Waals surface area contributed by atoms with Crippen molar-refractivity contribution in [1.29, 1.82) is 0 Å². The van der Waals surface area contributed by atoms with E-state index in [0.29, 0.717) is 0 Å². The summed E-state index contributed by atoms with van der Waals surface area (Å²) in [5.74, 6) is -1.77. The third-order valence-corrected chi connectivity index (χ3v) is 2.54. The molecular formula is C9H12N12O4. The van der Waals surface area contributed by atoms with Crippen molar-refractivity contribution in [2.24, 2.45) is 25.9 Å². The summed E-state index contributed by atoms with van der Waals surface area (Å²) in [5.41, 5.74) is 31.9. The van der Waals surface area contributed by atoms with Crippen molar-refractivity contribution in [1.82, 2.24) is 0 Å². The summed E-state index contributed by atoms with van der Waals surface area (Å²) in [6.07, 6.45) is 0. The van der Waals surface area contributed by atoms with Gasteiger partial charge in [0.15, 0.2) is 0 Å². The fourth-order valence-electron chi connectivity index (χ4n) is 1.37. The van der Waals surface area contributed by atoms with E-state index in [1.807, 2.05) is 0 Å². The number of azide groups is 4. The summed E-state index contributed by atoms with van der Waals surface area (Å²) in [6, 6.07) is 0. The van der Waals surface area contributed by atoms with E-state index in [4.69, 9.17) is 31.6 Å². The van der Waals surface area contributed by atoms with E-state index in [9.17, 15) is 9.59 Å². The first-order valence-corrected chi connectivity index (χ1v) is 6.38. The Morgan fingerprint density at radius 1 is 0.720 bits per heavy atom. The molecule has 0 rings (SSSR count). The zero-order valence-electron chi connectivity index (χ0n) is 12.7. The summed E-state index contributed by atoms with van der Waals surface area (Å²) >= 11 is 0. The smallest absolute Gasteiger partial charge is 0.311 e.